The van der Waals surface area contributed by atoms with Crippen molar-refractivity contribution in [2.24, 2.45) is 17.8 Å². The van der Waals surface area contributed by atoms with E-state index in [-0.39, 0.29) is 17.8 Å². The monoisotopic (exact) mass is 487 g/mol. The number of carbonyl (C=O) groups is 1. The minimum absolute atomic E-state index is 0.130. The minimum atomic E-state index is -0.679. The number of nitrogens with zero attached hydrogens (tertiary/aromatic N) is 1. The van der Waals surface area contributed by atoms with E-state index in [2.05, 4.69) is 37.9 Å². The van der Waals surface area contributed by atoms with E-state index in [0.29, 0.717) is 12.3 Å². The van der Waals surface area contributed by atoms with E-state index >= 15 is 0 Å². The number of hydrogen-bond donors (Lipinski definition) is 1. The molecule has 186 valence electrons. The van der Waals surface area contributed by atoms with Crippen LogP contribution < -0.4 is 9.47 Å². The molecule has 5 nitrogen and oxygen atoms in total. The van der Waals surface area contributed by atoms with Crippen LogP contribution in [0.5, 0.6) is 11.5 Å². The van der Waals surface area contributed by atoms with Crippen LogP contribution in [0.3, 0.4) is 0 Å². The van der Waals surface area contributed by atoms with Crippen LogP contribution in [0.4, 0.5) is 0 Å². The van der Waals surface area contributed by atoms with Gasteiger partial charge in [-0.15, -0.1) is 0 Å². The average molecular weight is 488 g/mol. The van der Waals surface area contributed by atoms with E-state index in [1.807, 2.05) is 24.3 Å². The van der Waals surface area contributed by atoms with Gasteiger partial charge in [-0.3, -0.25) is 4.79 Å². The summed E-state index contributed by atoms with van der Waals surface area (Å²) in [4.78, 5) is 14.6. The Hall–Kier alpha value is -2.24. The van der Waals surface area contributed by atoms with E-state index in [0.717, 1.165) is 48.9 Å². The van der Waals surface area contributed by atoms with E-state index in [4.69, 9.17) is 21.1 Å². The molecule has 1 aliphatic rings. The molecular formula is C28H38ClNO4. The number of ether oxygens (including phenoxy) is 2. The maximum absolute atomic E-state index is 12.4. The van der Waals surface area contributed by atoms with Crippen molar-refractivity contribution < 1.29 is 19.4 Å². The standard InChI is InChI=1S/C28H38ClNO4/c1-18(2)27-22-10-8-21(29)17-20(22)7-9-23(27)24(28(31)32)13-15-30(3)14-12-19-6-11-25(33-4)26(16-19)34-5/h6,8,10-11,16-18,23-24,27H,7,9,12-15H2,1-5H3,(H,31,32)/t23-,24?,27-/m0/s1. The number of hydrogen-bond acceptors (Lipinski definition) is 4. The van der Waals surface area contributed by atoms with E-state index < -0.39 is 5.97 Å². The molecule has 0 radical (unpaired) electrons. The molecule has 0 spiro atoms. The largest absolute Gasteiger partial charge is 0.493 e. The molecule has 0 bridgehead atoms. The first-order valence-electron chi connectivity index (χ1n) is 12.2. The lowest BCUT2D eigenvalue weighted by atomic mass is 9.65. The zero-order valence-electron chi connectivity index (χ0n) is 21.0. The lowest BCUT2D eigenvalue weighted by molar-refractivity contribution is -0.145. The fourth-order valence-electron chi connectivity index (χ4n) is 5.50. The van der Waals surface area contributed by atoms with E-state index in [9.17, 15) is 9.90 Å². The number of fused-ring (bicyclic) bond motifs is 1. The van der Waals surface area contributed by atoms with Gasteiger partial charge >= 0.3 is 5.97 Å². The summed E-state index contributed by atoms with van der Waals surface area (Å²) in [6.07, 6.45) is 3.29. The van der Waals surface area contributed by atoms with Gasteiger partial charge in [0.15, 0.2) is 11.5 Å². The SMILES string of the molecule is COc1ccc(CCN(C)CCC(C(=O)O)[C@@H]2CCc3cc(Cl)ccc3[C@@H]2C(C)C)cc1OC. The second kappa shape index (κ2) is 11.9. The van der Waals surface area contributed by atoms with Crippen molar-refractivity contribution >= 4 is 17.6 Å². The van der Waals surface area contributed by atoms with Gasteiger partial charge in [0.2, 0.25) is 0 Å². The van der Waals surface area contributed by atoms with Gasteiger partial charge in [0.1, 0.15) is 0 Å². The molecule has 6 heteroatoms. The first kappa shape index (κ1) is 26.4. The Morgan fingerprint density at radius 1 is 1.12 bits per heavy atom. The number of methoxy groups -OCH3 is 2. The number of carboxylic acids is 1. The number of benzene rings is 2. The molecule has 0 aliphatic heterocycles. The predicted octanol–water partition coefficient (Wildman–Crippen LogP) is 5.92. The maximum atomic E-state index is 12.4. The third kappa shape index (κ3) is 6.25. The highest BCUT2D eigenvalue weighted by atomic mass is 35.5. The van der Waals surface area contributed by atoms with Crippen LogP contribution in [0.2, 0.25) is 5.02 Å². The summed E-state index contributed by atoms with van der Waals surface area (Å²) >= 11 is 6.23. The summed E-state index contributed by atoms with van der Waals surface area (Å²) in [5.41, 5.74) is 3.73. The highest BCUT2D eigenvalue weighted by molar-refractivity contribution is 6.30. The molecule has 0 heterocycles. The van der Waals surface area contributed by atoms with Crippen molar-refractivity contribution in [1.29, 1.82) is 0 Å². The van der Waals surface area contributed by atoms with Gasteiger partial charge in [-0.05, 0) is 98.0 Å². The Morgan fingerprint density at radius 3 is 2.50 bits per heavy atom. The molecule has 0 fully saturated rings. The summed E-state index contributed by atoms with van der Waals surface area (Å²) in [6.45, 7) is 6.01. The fraction of sp³-hybridized carbons (Fsp3) is 0.536. The predicted molar refractivity (Wildman–Crippen MR) is 137 cm³/mol. The van der Waals surface area contributed by atoms with Crippen LogP contribution in [0, 0.1) is 17.8 Å². The third-order valence-electron chi connectivity index (χ3n) is 7.28. The molecule has 1 aliphatic carbocycles. The van der Waals surface area contributed by atoms with Gasteiger partial charge in [-0.25, -0.2) is 0 Å². The Bertz CT molecular complexity index is 977. The number of halogens is 1. The normalized spacial score (nSPS) is 18.6. The van der Waals surface area contributed by atoms with Crippen LogP contribution in [-0.2, 0) is 17.6 Å². The molecule has 1 N–H and O–H groups in total. The molecule has 0 saturated carbocycles. The lowest BCUT2D eigenvalue weighted by Crippen LogP contribution is -2.36. The highest BCUT2D eigenvalue weighted by Gasteiger charge is 2.39. The van der Waals surface area contributed by atoms with E-state index in [1.54, 1.807) is 14.2 Å². The topological polar surface area (TPSA) is 59.0 Å². The van der Waals surface area contributed by atoms with E-state index in [1.165, 1.54) is 16.7 Å². The van der Waals surface area contributed by atoms with Gasteiger partial charge in [-0.2, -0.15) is 0 Å². The van der Waals surface area contributed by atoms with Crippen LogP contribution in [-0.4, -0.2) is 50.3 Å². The Kier molecular flexibility index (Phi) is 9.26. The van der Waals surface area contributed by atoms with Crippen LogP contribution in [0.1, 0.15) is 49.3 Å². The third-order valence-corrected chi connectivity index (χ3v) is 7.51. The fourth-order valence-corrected chi connectivity index (χ4v) is 5.70. The molecule has 2 aromatic rings. The van der Waals surface area contributed by atoms with Gasteiger partial charge in [0.25, 0.3) is 0 Å². The Labute approximate surface area is 209 Å². The molecule has 34 heavy (non-hydrogen) atoms. The summed E-state index contributed by atoms with van der Waals surface area (Å²) in [5.74, 6) is 1.15. The molecule has 1 unspecified atom stereocenters. The second-order valence-electron chi connectivity index (χ2n) is 9.79. The highest BCUT2D eigenvalue weighted by Crippen LogP contribution is 2.46. The van der Waals surface area contributed by atoms with Crippen LogP contribution in [0.25, 0.3) is 0 Å². The number of aliphatic carboxylic acids is 1. The van der Waals surface area contributed by atoms with Gasteiger partial charge in [0.05, 0.1) is 20.1 Å². The smallest absolute Gasteiger partial charge is 0.306 e. The zero-order valence-corrected chi connectivity index (χ0v) is 21.8. The first-order valence-corrected chi connectivity index (χ1v) is 12.5. The number of likely N-dealkylation sites (N-methyl/N-ethyl adjacent to an activating group) is 1. The molecular weight excluding hydrogens is 450 g/mol. The van der Waals surface area contributed by atoms with Crippen molar-refractivity contribution in [2.75, 3.05) is 34.4 Å². The van der Waals surface area contributed by atoms with Crippen molar-refractivity contribution in [3.63, 3.8) is 0 Å². The van der Waals surface area contributed by atoms with Crippen molar-refractivity contribution in [3.8, 4) is 11.5 Å². The van der Waals surface area contributed by atoms with Crippen molar-refractivity contribution in [2.45, 2.75) is 45.4 Å². The zero-order chi connectivity index (χ0) is 24.8. The quantitative estimate of drug-likeness (QED) is 0.426. The summed E-state index contributed by atoms with van der Waals surface area (Å²) in [7, 11) is 5.34. The molecule has 2 aromatic carbocycles. The van der Waals surface area contributed by atoms with Crippen LogP contribution >= 0.6 is 11.6 Å². The first-order chi connectivity index (χ1) is 16.2. The molecule has 3 atom stereocenters. The lowest BCUT2D eigenvalue weighted by Gasteiger charge is -2.40. The molecule has 3 rings (SSSR count). The summed E-state index contributed by atoms with van der Waals surface area (Å²) in [5, 5.41) is 10.9. The number of aryl methyl sites for hydroxylation is 1. The second-order valence-corrected chi connectivity index (χ2v) is 10.2. The summed E-state index contributed by atoms with van der Waals surface area (Å²) < 4.78 is 10.7. The maximum Gasteiger partial charge on any atom is 0.306 e. The number of carboxylic acid groups (broad SMARTS) is 1. The van der Waals surface area contributed by atoms with Crippen LogP contribution in [0.15, 0.2) is 36.4 Å². The Balaban J connectivity index is 1.64. The Morgan fingerprint density at radius 2 is 1.85 bits per heavy atom. The van der Waals surface area contributed by atoms with Crippen molar-refractivity contribution in [1.82, 2.24) is 4.90 Å². The number of rotatable bonds is 11. The summed E-state index contributed by atoms with van der Waals surface area (Å²) in [6, 6.07) is 12.1. The van der Waals surface area contributed by atoms with Gasteiger partial charge in [0, 0.05) is 11.6 Å². The molecule has 0 saturated heterocycles. The van der Waals surface area contributed by atoms with Gasteiger partial charge < -0.3 is 19.5 Å². The average Bonchev–Trinajstić information content (AvgIpc) is 2.81. The van der Waals surface area contributed by atoms with Gasteiger partial charge in [-0.1, -0.05) is 37.6 Å². The minimum Gasteiger partial charge on any atom is -0.493 e. The molecule has 0 amide bonds. The molecule has 0 aromatic heterocycles. The van der Waals surface area contributed by atoms with Crippen molar-refractivity contribution in [3.05, 3.63) is 58.1 Å².